The summed E-state index contributed by atoms with van der Waals surface area (Å²) in [6, 6.07) is 14.0. The van der Waals surface area contributed by atoms with Gasteiger partial charge in [0.1, 0.15) is 17.5 Å². The zero-order chi connectivity index (χ0) is 23.3. The lowest BCUT2D eigenvalue weighted by molar-refractivity contribution is -0.123. The molecule has 1 spiro atoms. The number of hydrogen-bond acceptors (Lipinski definition) is 3. The number of hydrogen-bond donors (Lipinski definition) is 0. The third-order valence-electron chi connectivity index (χ3n) is 6.03. The summed E-state index contributed by atoms with van der Waals surface area (Å²) in [6.07, 6.45) is 0. The van der Waals surface area contributed by atoms with Crippen LogP contribution >= 0.6 is 11.8 Å². The number of nitrogens with zero attached hydrogens (tertiary/aromatic N) is 2. The van der Waals surface area contributed by atoms with Crippen LogP contribution in [0.5, 0.6) is 0 Å². The molecule has 3 aromatic carbocycles. The third kappa shape index (κ3) is 3.40. The number of benzene rings is 3. The lowest BCUT2D eigenvalue weighted by Crippen LogP contribution is -2.50. The van der Waals surface area contributed by atoms with Crippen LogP contribution in [0.25, 0.3) is 0 Å². The van der Waals surface area contributed by atoms with E-state index in [1.54, 1.807) is 6.07 Å². The first kappa shape index (κ1) is 21.6. The summed E-state index contributed by atoms with van der Waals surface area (Å²) in [5.41, 5.74) is 2.61. The molecule has 168 valence electrons. The van der Waals surface area contributed by atoms with Crippen molar-refractivity contribution < 1.29 is 22.8 Å². The third-order valence-corrected chi connectivity index (χ3v) is 7.45. The highest BCUT2D eigenvalue weighted by Gasteiger charge is 2.59. The van der Waals surface area contributed by atoms with Gasteiger partial charge in [0.15, 0.2) is 4.87 Å². The van der Waals surface area contributed by atoms with Crippen LogP contribution in [0.1, 0.15) is 27.0 Å². The molecule has 8 heteroatoms. The number of thioether (sulfide) groups is 1. The molecule has 0 N–H and O–H groups in total. The summed E-state index contributed by atoms with van der Waals surface area (Å²) in [5, 5.41) is 0. The SMILES string of the molecule is Cc1ccc2c(c1)C1(SCCN1C(=O)c1ccc(F)cc1)C(=O)N2Cc1ccc(F)cc1F. The highest BCUT2D eigenvalue weighted by atomic mass is 32.2. The highest BCUT2D eigenvalue weighted by molar-refractivity contribution is 8.01. The summed E-state index contributed by atoms with van der Waals surface area (Å²) in [5.74, 6) is -2.09. The Morgan fingerprint density at radius 1 is 1.00 bits per heavy atom. The normalized spacial score (nSPS) is 19.5. The molecule has 4 nitrogen and oxygen atoms in total. The zero-order valence-electron chi connectivity index (χ0n) is 17.6. The molecule has 2 aliphatic rings. The number of aryl methyl sites for hydroxylation is 1. The van der Waals surface area contributed by atoms with Crippen LogP contribution in [0.15, 0.2) is 60.7 Å². The maximum absolute atomic E-state index is 14.4. The Balaban J connectivity index is 1.60. The molecule has 0 aromatic heterocycles. The summed E-state index contributed by atoms with van der Waals surface area (Å²) in [6.45, 7) is 2.13. The van der Waals surface area contributed by atoms with Crippen LogP contribution < -0.4 is 4.90 Å². The second-order valence-electron chi connectivity index (χ2n) is 8.10. The van der Waals surface area contributed by atoms with Crippen LogP contribution in [-0.4, -0.2) is 29.0 Å². The van der Waals surface area contributed by atoms with Gasteiger partial charge in [-0.1, -0.05) is 23.8 Å². The number of anilines is 1. The summed E-state index contributed by atoms with van der Waals surface area (Å²) in [4.78, 5) is 29.0. The van der Waals surface area contributed by atoms with Gasteiger partial charge in [0, 0.05) is 35.1 Å². The van der Waals surface area contributed by atoms with Gasteiger partial charge in [0.2, 0.25) is 0 Å². The minimum Gasteiger partial charge on any atom is -0.311 e. The largest absolute Gasteiger partial charge is 0.311 e. The fourth-order valence-corrected chi connectivity index (χ4v) is 5.91. The molecule has 2 amide bonds. The van der Waals surface area contributed by atoms with Gasteiger partial charge in [-0.3, -0.25) is 9.59 Å². The average molecular weight is 469 g/mol. The van der Waals surface area contributed by atoms with Gasteiger partial charge in [-0.05, 0) is 43.3 Å². The highest BCUT2D eigenvalue weighted by Crippen LogP contribution is 2.55. The summed E-state index contributed by atoms with van der Waals surface area (Å²) >= 11 is 1.35. The van der Waals surface area contributed by atoms with E-state index < -0.39 is 22.3 Å². The number of fused-ring (bicyclic) bond motifs is 2. The molecule has 0 saturated carbocycles. The Kier molecular flexibility index (Phi) is 5.20. The van der Waals surface area contributed by atoms with Crippen LogP contribution in [0, 0.1) is 24.4 Å². The molecule has 0 aliphatic carbocycles. The van der Waals surface area contributed by atoms with Crippen molar-refractivity contribution >= 4 is 29.3 Å². The molecular weight excluding hydrogens is 449 g/mol. The average Bonchev–Trinajstić information content (AvgIpc) is 3.32. The predicted octanol–water partition coefficient (Wildman–Crippen LogP) is 5.00. The van der Waals surface area contributed by atoms with Crippen molar-refractivity contribution in [2.75, 3.05) is 17.2 Å². The van der Waals surface area contributed by atoms with E-state index in [0.29, 0.717) is 23.5 Å². The topological polar surface area (TPSA) is 40.6 Å². The number of halogens is 3. The molecule has 1 saturated heterocycles. The van der Waals surface area contributed by atoms with E-state index >= 15 is 0 Å². The lowest BCUT2D eigenvalue weighted by Gasteiger charge is -2.33. The number of rotatable bonds is 3. The molecule has 0 radical (unpaired) electrons. The quantitative estimate of drug-likeness (QED) is 0.543. The molecule has 5 rings (SSSR count). The molecule has 3 aromatic rings. The van der Waals surface area contributed by atoms with Gasteiger partial charge in [-0.2, -0.15) is 0 Å². The fraction of sp³-hybridized carbons (Fsp3) is 0.200. The first-order valence-corrected chi connectivity index (χ1v) is 11.4. The standard InChI is InChI=1S/C25H19F3N2O2S/c1-15-2-9-22-20(12-15)25(24(32)29(22)14-17-5-8-19(27)13-21(17)28)30(10-11-33-25)23(31)16-3-6-18(26)7-4-16/h2-9,12-13H,10-11,14H2,1H3. The fourth-order valence-electron chi connectivity index (χ4n) is 4.45. The number of carbonyl (C=O) groups is 2. The van der Waals surface area contributed by atoms with Crippen molar-refractivity contribution in [3.8, 4) is 0 Å². The minimum atomic E-state index is -1.30. The Morgan fingerprint density at radius 3 is 2.45 bits per heavy atom. The zero-order valence-corrected chi connectivity index (χ0v) is 18.5. The van der Waals surface area contributed by atoms with Crippen LogP contribution in [-0.2, 0) is 16.2 Å². The van der Waals surface area contributed by atoms with Crippen molar-refractivity contribution in [3.63, 3.8) is 0 Å². The van der Waals surface area contributed by atoms with Crippen molar-refractivity contribution in [2.24, 2.45) is 0 Å². The molecule has 1 unspecified atom stereocenters. The Bertz CT molecular complexity index is 1280. The minimum absolute atomic E-state index is 0.0953. The van der Waals surface area contributed by atoms with Crippen molar-refractivity contribution in [1.29, 1.82) is 0 Å². The second-order valence-corrected chi connectivity index (χ2v) is 9.39. The molecule has 2 heterocycles. The molecule has 1 atom stereocenters. The first-order chi connectivity index (χ1) is 15.8. The predicted molar refractivity (Wildman–Crippen MR) is 120 cm³/mol. The maximum Gasteiger partial charge on any atom is 0.268 e. The van der Waals surface area contributed by atoms with Gasteiger partial charge in [0.05, 0.1) is 12.2 Å². The molecule has 2 aliphatic heterocycles. The number of amides is 2. The van der Waals surface area contributed by atoms with E-state index in [1.807, 2.05) is 19.1 Å². The van der Waals surface area contributed by atoms with Crippen molar-refractivity contribution in [1.82, 2.24) is 4.90 Å². The van der Waals surface area contributed by atoms with Crippen LogP contribution in [0.3, 0.4) is 0 Å². The van der Waals surface area contributed by atoms with Gasteiger partial charge in [-0.25, -0.2) is 13.2 Å². The first-order valence-electron chi connectivity index (χ1n) is 10.4. The van der Waals surface area contributed by atoms with E-state index in [4.69, 9.17) is 0 Å². The molecule has 33 heavy (non-hydrogen) atoms. The van der Waals surface area contributed by atoms with Crippen LogP contribution in [0.2, 0.25) is 0 Å². The van der Waals surface area contributed by atoms with Gasteiger partial charge < -0.3 is 9.80 Å². The van der Waals surface area contributed by atoms with Crippen LogP contribution in [0.4, 0.5) is 18.9 Å². The Labute approximate surface area is 193 Å². The van der Waals surface area contributed by atoms with Gasteiger partial charge >= 0.3 is 0 Å². The Hall–Kier alpha value is -3.26. The summed E-state index contributed by atoms with van der Waals surface area (Å²) < 4.78 is 41.2. The monoisotopic (exact) mass is 468 g/mol. The smallest absolute Gasteiger partial charge is 0.268 e. The van der Waals surface area contributed by atoms with Gasteiger partial charge in [0.25, 0.3) is 11.8 Å². The molecule has 0 bridgehead atoms. The molecule has 1 fully saturated rings. The molecular formula is C25H19F3N2O2S. The van der Waals surface area contributed by atoms with E-state index in [0.717, 1.165) is 17.7 Å². The summed E-state index contributed by atoms with van der Waals surface area (Å²) in [7, 11) is 0. The lowest BCUT2D eigenvalue weighted by atomic mass is 10.0. The maximum atomic E-state index is 14.4. The Morgan fingerprint density at radius 2 is 1.73 bits per heavy atom. The van der Waals surface area contributed by atoms with E-state index in [-0.39, 0.29) is 29.5 Å². The van der Waals surface area contributed by atoms with E-state index in [9.17, 15) is 22.8 Å². The van der Waals surface area contributed by atoms with E-state index in [2.05, 4.69) is 0 Å². The van der Waals surface area contributed by atoms with Crippen molar-refractivity contribution in [3.05, 3.63) is 100 Å². The van der Waals surface area contributed by atoms with Gasteiger partial charge in [-0.15, -0.1) is 11.8 Å². The van der Waals surface area contributed by atoms with E-state index in [1.165, 1.54) is 51.9 Å². The second kappa shape index (κ2) is 7.95. The van der Waals surface area contributed by atoms with Crippen molar-refractivity contribution in [2.45, 2.75) is 18.3 Å². The number of carbonyl (C=O) groups excluding carboxylic acids is 2.